The van der Waals surface area contributed by atoms with E-state index in [1.165, 1.54) is 18.5 Å². The zero-order valence-corrected chi connectivity index (χ0v) is 8.27. The number of nitrogens with zero attached hydrogens (tertiary/aromatic N) is 2. The van der Waals surface area contributed by atoms with E-state index in [0.717, 1.165) is 5.92 Å². The molecule has 1 aliphatic rings. The summed E-state index contributed by atoms with van der Waals surface area (Å²) in [5.41, 5.74) is 7.02. The van der Waals surface area contributed by atoms with E-state index in [9.17, 15) is 0 Å². The predicted molar refractivity (Wildman–Crippen MR) is 52.3 cm³/mol. The van der Waals surface area contributed by atoms with Crippen molar-refractivity contribution < 1.29 is 0 Å². The van der Waals surface area contributed by atoms with Gasteiger partial charge in [-0.25, -0.2) is 4.98 Å². The van der Waals surface area contributed by atoms with Gasteiger partial charge in [0.15, 0.2) is 0 Å². The lowest BCUT2D eigenvalue weighted by molar-refractivity contribution is 0.593. The summed E-state index contributed by atoms with van der Waals surface area (Å²) < 4.78 is 2.25. The molecule has 3 heteroatoms. The summed E-state index contributed by atoms with van der Waals surface area (Å²) in [7, 11) is 0. The lowest BCUT2D eigenvalue weighted by Crippen LogP contribution is -2.11. The van der Waals surface area contributed by atoms with Crippen LogP contribution in [-0.4, -0.2) is 9.55 Å². The largest absolute Gasteiger partial charge is 0.330 e. The average Bonchev–Trinajstić information content (AvgIpc) is 2.72. The molecule has 1 aromatic rings. The topological polar surface area (TPSA) is 43.8 Å². The molecule has 1 fully saturated rings. The van der Waals surface area contributed by atoms with Gasteiger partial charge in [0, 0.05) is 18.3 Å². The van der Waals surface area contributed by atoms with Crippen molar-refractivity contribution in [3.05, 3.63) is 18.2 Å². The highest BCUT2D eigenvalue weighted by Crippen LogP contribution is 2.46. The second-order valence-corrected chi connectivity index (χ2v) is 3.99. The summed E-state index contributed by atoms with van der Waals surface area (Å²) >= 11 is 0. The van der Waals surface area contributed by atoms with E-state index < -0.39 is 0 Å². The molecule has 3 nitrogen and oxygen atoms in total. The minimum absolute atomic E-state index is 0.0978. The monoisotopic (exact) mass is 179 g/mol. The van der Waals surface area contributed by atoms with E-state index in [0.29, 0.717) is 6.04 Å². The Bertz CT molecular complexity index is 290. The molecule has 2 unspecified atom stereocenters. The van der Waals surface area contributed by atoms with Crippen molar-refractivity contribution in [1.82, 2.24) is 9.55 Å². The molecule has 1 aromatic heterocycles. The molecule has 2 rings (SSSR count). The molecule has 0 amide bonds. The fourth-order valence-electron chi connectivity index (χ4n) is 1.96. The molecule has 13 heavy (non-hydrogen) atoms. The first-order valence-electron chi connectivity index (χ1n) is 5.01. The van der Waals surface area contributed by atoms with E-state index in [4.69, 9.17) is 5.73 Å². The van der Waals surface area contributed by atoms with Gasteiger partial charge in [-0.05, 0) is 19.3 Å². The summed E-state index contributed by atoms with van der Waals surface area (Å²) in [4.78, 5) is 4.16. The molecular weight excluding hydrogens is 162 g/mol. The fraction of sp³-hybridized carbons (Fsp3) is 0.700. The van der Waals surface area contributed by atoms with Crippen LogP contribution >= 0.6 is 0 Å². The molecule has 3 atom stereocenters. The van der Waals surface area contributed by atoms with Crippen LogP contribution in [-0.2, 0) is 0 Å². The molecule has 0 saturated heterocycles. The Morgan fingerprint density at radius 2 is 2.54 bits per heavy atom. The van der Waals surface area contributed by atoms with E-state index in [-0.39, 0.29) is 6.04 Å². The Kier molecular flexibility index (Phi) is 2.12. The van der Waals surface area contributed by atoms with Gasteiger partial charge < -0.3 is 10.3 Å². The highest BCUT2D eigenvalue weighted by Gasteiger charge is 2.37. The van der Waals surface area contributed by atoms with Crippen molar-refractivity contribution in [2.24, 2.45) is 11.7 Å². The number of nitrogens with two attached hydrogens (primary N) is 1. The zero-order chi connectivity index (χ0) is 9.42. The maximum absolute atomic E-state index is 5.85. The van der Waals surface area contributed by atoms with Crippen molar-refractivity contribution in [2.45, 2.75) is 38.8 Å². The molecule has 1 aliphatic carbocycles. The third kappa shape index (κ3) is 1.48. The van der Waals surface area contributed by atoms with Crippen LogP contribution in [0.4, 0.5) is 0 Å². The molecule has 0 aliphatic heterocycles. The number of hydrogen-bond donors (Lipinski definition) is 1. The minimum atomic E-state index is 0.0978. The van der Waals surface area contributed by atoms with Crippen LogP contribution in [0, 0.1) is 5.92 Å². The van der Waals surface area contributed by atoms with E-state index in [1.807, 2.05) is 19.4 Å². The van der Waals surface area contributed by atoms with Gasteiger partial charge in [0.25, 0.3) is 0 Å². The Hall–Kier alpha value is -0.830. The second-order valence-electron chi connectivity index (χ2n) is 3.99. The van der Waals surface area contributed by atoms with Crippen molar-refractivity contribution in [3.63, 3.8) is 0 Å². The predicted octanol–water partition coefficient (Wildman–Crippen LogP) is 1.87. The maximum atomic E-state index is 5.85. The van der Waals surface area contributed by atoms with Gasteiger partial charge in [-0.1, -0.05) is 13.3 Å². The standard InChI is InChI=1S/C10H17N3/c1-3-8-4-9(8)13-6-12-5-10(13)7(2)11/h5-9H,3-4,11H2,1-2H3/t7-,8?,9?/m0/s1. The van der Waals surface area contributed by atoms with Crippen LogP contribution in [0.2, 0.25) is 0 Å². The molecule has 1 saturated carbocycles. The van der Waals surface area contributed by atoms with Crippen molar-refractivity contribution in [1.29, 1.82) is 0 Å². The summed E-state index contributed by atoms with van der Waals surface area (Å²) in [6.07, 6.45) is 6.36. The highest BCUT2D eigenvalue weighted by atomic mass is 15.1. The quantitative estimate of drug-likeness (QED) is 0.769. The third-order valence-electron chi connectivity index (χ3n) is 2.93. The number of hydrogen-bond acceptors (Lipinski definition) is 2. The summed E-state index contributed by atoms with van der Waals surface area (Å²) in [6.45, 7) is 4.25. The second kappa shape index (κ2) is 3.14. The molecule has 0 aromatic carbocycles. The van der Waals surface area contributed by atoms with Crippen LogP contribution in [0.1, 0.15) is 44.5 Å². The van der Waals surface area contributed by atoms with Gasteiger partial charge in [-0.2, -0.15) is 0 Å². The van der Waals surface area contributed by atoms with Crippen molar-refractivity contribution >= 4 is 0 Å². The first-order chi connectivity index (χ1) is 6.24. The first-order valence-corrected chi connectivity index (χ1v) is 5.01. The molecule has 0 spiro atoms. The van der Waals surface area contributed by atoms with Crippen LogP contribution in [0.25, 0.3) is 0 Å². The van der Waals surface area contributed by atoms with Gasteiger partial charge in [0.1, 0.15) is 0 Å². The summed E-state index contributed by atoms with van der Waals surface area (Å²) in [5, 5.41) is 0. The van der Waals surface area contributed by atoms with Gasteiger partial charge in [-0.15, -0.1) is 0 Å². The van der Waals surface area contributed by atoms with Crippen LogP contribution < -0.4 is 5.73 Å². The molecule has 0 bridgehead atoms. The lowest BCUT2D eigenvalue weighted by Gasteiger charge is -2.09. The van der Waals surface area contributed by atoms with Gasteiger partial charge in [-0.3, -0.25) is 0 Å². The van der Waals surface area contributed by atoms with Crippen LogP contribution in [0.15, 0.2) is 12.5 Å². The van der Waals surface area contributed by atoms with Gasteiger partial charge >= 0.3 is 0 Å². The lowest BCUT2D eigenvalue weighted by atomic mass is 10.2. The summed E-state index contributed by atoms with van der Waals surface area (Å²) in [6, 6.07) is 0.772. The Morgan fingerprint density at radius 3 is 3.08 bits per heavy atom. The number of rotatable bonds is 3. The van der Waals surface area contributed by atoms with Crippen LogP contribution in [0.3, 0.4) is 0 Å². The Labute approximate surface area is 79.0 Å². The number of imidazole rings is 1. The van der Waals surface area contributed by atoms with E-state index in [2.05, 4.69) is 16.5 Å². The first kappa shape index (κ1) is 8.75. The summed E-state index contributed by atoms with van der Waals surface area (Å²) in [5.74, 6) is 0.853. The molecule has 1 heterocycles. The van der Waals surface area contributed by atoms with Crippen LogP contribution in [0.5, 0.6) is 0 Å². The van der Waals surface area contributed by atoms with Gasteiger partial charge in [0.05, 0.1) is 12.0 Å². The molecule has 2 N–H and O–H groups in total. The SMILES string of the molecule is CCC1CC1n1cncc1[C@H](C)N. The van der Waals surface area contributed by atoms with Crippen molar-refractivity contribution in [3.8, 4) is 0 Å². The van der Waals surface area contributed by atoms with Crippen molar-refractivity contribution in [2.75, 3.05) is 0 Å². The smallest absolute Gasteiger partial charge is 0.0951 e. The molecule has 0 radical (unpaired) electrons. The minimum Gasteiger partial charge on any atom is -0.330 e. The van der Waals surface area contributed by atoms with E-state index >= 15 is 0 Å². The Morgan fingerprint density at radius 1 is 1.77 bits per heavy atom. The Balaban J connectivity index is 2.17. The third-order valence-corrected chi connectivity index (χ3v) is 2.93. The maximum Gasteiger partial charge on any atom is 0.0951 e. The number of aromatic nitrogens is 2. The van der Waals surface area contributed by atoms with E-state index in [1.54, 1.807) is 0 Å². The average molecular weight is 179 g/mol. The highest BCUT2D eigenvalue weighted by molar-refractivity contribution is 5.08. The zero-order valence-electron chi connectivity index (χ0n) is 8.27. The molecule has 72 valence electrons. The van der Waals surface area contributed by atoms with Gasteiger partial charge in [0.2, 0.25) is 0 Å². The molecular formula is C10H17N3. The normalized spacial score (nSPS) is 28.8. The fourth-order valence-corrected chi connectivity index (χ4v) is 1.96.